The third kappa shape index (κ3) is 3.32. The summed E-state index contributed by atoms with van der Waals surface area (Å²) in [5.41, 5.74) is 12.2. The Morgan fingerprint density at radius 2 is 1.76 bits per heavy atom. The Labute approximate surface area is 125 Å². The quantitative estimate of drug-likeness (QED) is 0.563. The number of anilines is 2. The number of rotatable bonds is 4. The number of thioether (sulfide) groups is 1. The lowest BCUT2D eigenvalue weighted by Crippen LogP contribution is -1.99. The van der Waals surface area contributed by atoms with Gasteiger partial charge in [0.05, 0.1) is 11.9 Å². The summed E-state index contributed by atoms with van der Waals surface area (Å²) < 4.78 is 5.70. The maximum absolute atomic E-state index is 5.70. The van der Waals surface area contributed by atoms with E-state index in [2.05, 4.69) is 15.0 Å². The van der Waals surface area contributed by atoms with Crippen molar-refractivity contribution in [3.8, 4) is 11.3 Å². The van der Waals surface area contributed by atoms with Gasteiger partial charge in [0.25, 0.3) is 0 Å². The van der Waals surface area contributed by atoms with Gasteiger partial charge < -0.3 is 15.9 Å². The van der Waals surface area contributed by atoms with Gasteiger partial charge in [-0.15, -0.1) is 0 Å². The number of aromatic nitrogens is 3. The third-order valence-corrected chi connectivity index (χ3v) is 3.51. The van der Waals surface area contributed by atoms with Crippen LogP contribution in [0.5, 0.6) is 0 Å². The van der Waals surface area contributed by atoms with Crippen LogP contribution in [0.2, 0.25) is 0 Å². The third-order valence-electron chi connectivity index (χ3n) is 2.68. The number of hydrogen-bond acceptors (Lipinski definition) is 7. The summed E-state index contributed by atoms with van der Waals surface area (Å²) >= 11 is 1.37. The lowest BCUT2D eigenvalue weighted by atomic mass is 10.2. The molecule has 0 amide bonds. The minimum Gasteiger partial charge on any atom is -0.440 e. The SMILES string of the molecule is Nc1cc(N)nc(SCc2ncc(-c3ccccc3)o2)n1. The van der Waals surface area contributed by atoms with Gasteiger partial charge in [0.15, 0.2) is 10.9 Å². The van der Waals surface area contributed by atoms with Crippen molar-refractivity contribution in [2.75, 3.05) is 11.5 Å². The molecule has 0 fully saturated rings. The van der Waals surface area contributed by atoms with Crippen molar-refractivity contribution < 1.29 is 4.42 Å². The maximum atomic E-state index is 5.70. The fourth-order valence-corrected chi connectivity index (χ4v) is 2.49. The second-order valence-corrected chi connectivity index (χ2v) is 5.22. The largest absolute Gasteiger partial charge is 0.440 e. The van der Waals surface area contributed by atoms with Crippen molar-refractivity contribution in [1.29, 1.82) is 0 Å². The maximum Gasteiger partial charge on any atom is 0.205 e. The molecule has 3 aromatic rings. The fraction of sp³-hybridized carbons (Fsp3) is 0.0714. The van der Waals surface area contributed by atoms with E-state index in [0.717, 1.165) is 11.3 Å². The molecular weight excluding hydrogens is 286 g/mol. The molecule has 0 aliphatic heterocycles. The molecule has 0 spiro atoms. The van der Waals surface area contributed by atoms with E-state index in [-0.39, 0.29) is 0 Å². The van der Waals surface area contributed by atoms with E-state index < -0.39 is 0 Å². The number of nitrogen functional groups attached to an aromatic ring is 2. The van der Waals surface area contributed by atoms with E-state index >= 15 is 0 Å². The predicted octanol–water partition coefficient (Wildman–Crippen LogP) is 2.59. The van der Waals surface area contributed by atoms with Gasteiger partial charge in [-0.1, -0.05) is 42.1 Å². The number of hydrogen-bond donors (Lipinski definition) is 2. The number of benzene rings is 1. The minimum atomic E-state index is 0.349. The first-order chi connectivity index (χ1) is 10.2. The zero-order valence-corrected chi connectivity index (χ0v) is 11.9. The molecule has 0 saturated carbocycles. The van der Waals surface area contributed by atoms with E-state index in [9.17, 15) is 0 Å². The van der Waals surface area contributed by atoms with Gasteiger partial charge >= 0.3 is 0 Å². The summed E-state index contributed by atoms with van der Waals surface area (Å²) in [6, 6.07) is 11.3. The van der Waals surface area contributed by atoms with Crippen LogP contribution in [0, 0.1) is 0 Å². The highest BCUT2D eigenvalue weighted by Crippen LogP contribution is 2.24. The molecule has 2 heterocycles. The Bertz CT molecular complexity index is 724. The molecule has 2 aromatic heterocycles. The molecule has 0 aliphatic rings. The molecule has 0 bridgehead atoms. The van der Waals surface area contributed by atoms with Gasteiger partial charge in [0, 0.05) is 11.6 Å². The molecule has 106 valence electrons. The molecule has 0 radical (unpaired) electrons. The number of nitrogens with zero attached hydrogens (tertiary/aromatic N) is 3. The van der Waals surface area contributed by atoms with Crippen molar-refractivity contribution in [2.24, 2.45) is 0 Å². The molecule has 6 nitrogen and oxygen atoms in total. The van der Waals surface area contributed by atoms with E-state index in [4.69, 9.17) is 15.9 Å². The van der Waals surface area contributed by atoms with Crippen LogP contribution < -0.4 is 11.5 Å². The fourth-order valence-electron chi connectivity index (χ4n) is 1.77. The highest BCUT2D eigenvalue weighted by Gasteiger charge is 2.08. The number of oxazole rings is 1. The highest BCUT2D eigenvalue weighted by molar-refractivity contribution is 7.98. The van der Waals surface area contributed by atoms with Crippen LogP contribution in [0.4, 0.5) is 11.6 Å². The van der Waals surface area contributed by atoms with Crippen LogP contribution >= 0.6 is 11.8 Å². The molecule has 1 aromatic carbocycles. The first kappa shape index (κ1) is 13.4. The molecular formula is C14H13N5OS. The molecule has 7 heteroatoms. The van der Waals surface area contributed by atoms with Gasteiger partial charge in [-0.25, -0.2) is 15.0 Å². The second kappa shape index (κ2) is 5.84. The average Bonchev–Trinajstić information content (AvgIpc) is 2.94. The van der Waals surface area contributed by atoms with Crippen LogP contribution in [0.3, 0.4) is 0 Å². The van der Waals surface area contributed by atoms with Crippen molar-refractivity contribution in [2.45, 2.75) is 10.9 Å². The topological polar surface area (TPSA) is 104 Å². The summed E-state index contributed by atoms with van der Waals surface area (Å²) in [6.07, 6.45) is 1.71. The monoisotopic (exact) mass is 299 g/mol. The second-order valence-electron chi connectivity index (χ2n) is 4.27. The highest BCUT2D eigenvalue weighted by atomic mass is 32.2. The molecule has 0 aliphatic carbocycles. The lowest BCUT2D eigenvalue weighted by Gasteiger charge is -2.00. The Morgan fingerprint density at radius 3 is 2.48 bits per heavy atom. The Morgan fingerprint density at radius 1 is 1.05 bits per heavy atom. The first-order valence-electron chi connectivity index (χ1n) is 6.23. The summed E-state index contributed by atoms with van der Waals surface area (Å²) in [4.78, 5) is 12.4. The van der Waals surface area contributed by atoms with Crippen molar-refractivity contribution in [3.63, 3.8) is 0 Å². The molecule has 4 N–H and O–H groups in total. The average molecular weight is 299 g/mol. The summed E-state index contributed by atoms with van der Waals surface area (Å²) in [6.45, 7) is 0. The Balaban J connectivity index is 1.70. The normalized spacial score (nSPS) is 10.7. The van der Waals surface area contributed by atoms with Crippen LogP contribution in [0.25, 0.3) is 11.3 Å². The Hall–Kier alpha value is -2.54. The first-order valence-corrected chi connectivity index (χ1v) is 7.22. The summed E-state index contributed by atoms with van der Waals surface area (Å²) in [5, 5.41) is 0.506. The van der Waals surface area contributed by atoms with E-state index in [1.807, 2.05) is 30.3 Å². The van der Waals surface area contributed by atoms with Crippen LogP contribution in [0.1, 0.15) is 5.89 Å². The van der Waals surface area contributed by atoms with Gasteiger partial charge in [-0.3, -0.25) is 0 Å². The standard InChI is InChI=1S/C14H13N5OS/c15-11-6-12(16)19-14(18-11)21-8-13-17-7-10(20-13)9-4-2-1-3-5-9/h1-7H,8H2,(H4,15,16,18,19). The van der Waals surface area contributed by atoms with E-state index in [1.165, 1.54) is 17.8 Å². The van der Waals surface area contributed by atoms with E-state index in [1.54, 1.807) is 6.20 Å². The van der Waals surface area contributed by atoms with Crippen LogP contribution in [0.15, 0.2) is 52.2 Å². The van der Waals surface area contributed by atoms with Crippen molar-refractivity contribution >= 4 is 23.4 Å². The van der Waals surface area contributed by atoms with Gasteiger partial charge in [0.1, 0.15) is 11.6 Å². The van der Waals surface area contributed by atoms with E-state index in [0.29, 0.717) is 28.4 Å². The van der Waals surface area contributed by atoms with Gasteiger partial charge in [-0.2, -0.15) is 0 Å². The predicted molar refractivity (Wildman–Crippen MR) is 82.4 cm³/mol. The van der Waals surface area contributed by atoms with Crippen LogP contribution in [-0.4, -0.2) is 15.0 Å². The minimum absolute atomic E-state index is 0.349. The molecule has 0 atom stereocenters. The zero-order chi connectivity index (χ0) is 14.7. The summed E-state index contributed by atoms with van der Waals surface area (Å²) in [7, 11) is 0. The van der Waals surface area contributed by atoms with Crippen LogP contribution in [-0.2, 0) is 5.75 Å². The molecule has 21 heavy (non-hydrogen) atoms. The van der Waals surface area contributed by atoms with Gasteiger partial charge in [-0.05, 0) is 0 Å². The number of nitrogens with two attached hydrogens (primary N) is 2. The van der Waals surface area contributed by atoms with Crippen molar-refractivity contribution in [3.05, 3.63) is 48.5 Å². The molecule has 3 rings (SSSR count). The molecule has 0 saturated heterocycles. The Kier molecular flexibility index (Phi) is 3.74. The smallest absolute Gasteiger partial charge is 0.205 e. The van der Waals surface area contributed by atoms with Crippen molar-refractivity contribution in [1.82, 2.24) is 15.0 Å². The molecule has 0 unspecified atom stereocenters. The lowest BCUT2D eigenvalue weighted by molar-refractivity contribution is 0.530. The summed E-state index contributed by atoms with van der Waals surface area (Å²) in [5.74, 6) is 2.54. The zero-order valence-electron chi connectivity index (χ0n) is 11.1. The van der Waals surface area contributed by atoms with Gasteiger partial charge in [0.2, 0.25) is 5.89 Å².